The molecule has 3 rings (SSSR count). The normalized spacial score (nSPS) is 11.9. The maximum Gasteiger partial charge on any atom is 0.267 e. The lowest BCUT2D eigenvalue weighted by atomic mass is 10.1. The highest BCUT2D eigenvalue weighted by molar-refractivity contribution is 5.92. The van der Waals surface area contributed by atoms with Crippen LogP contribution in [0.5, 0.6) is 5.75 Å². The molecule has 0 spiro atoms. The molecule has 0 aliphatic heterocycles. The maximum absolute atomic E-state index is 11.1. The van der Waals surface area contributed by atoms with Crippen LogP contribution in [-0.2, 0) is 6.42 Å². The molecule has 0 saturated heterocycles. The molecule has 0 fully saturated rings. The number of primary amides is 1. The molecule has 1 atom stereocenters. The van der Waals surface area contributed by atoms with Gasteiger partial charge in [0.15, 0.2) is 11.9 Å². The van der Waals surface area contributed by atoms with Gasteiger partial charge in [0.05, 0.1) is 0 Å². The molecule has 0 aliphatic rings. The van der Waals surface area contributed by atoms with Crippen molar-refractivity contribution in [3.63, 3.8) is 0 Å². The van der Waals surface area contributed by atoms with Crippen molar-refractivity contribution in [3.8, 4) is 5.75 Å². The Bertz CT molecular complexity index is 813. The van der Waals surface area contributed by atoms with Crippen LogP contribution in [0.3, 0.4) is 0 Å². The Morgan fingerprint density at radius 1 is 1.17 bits per heavy atom. The molecular formula is C18H17N3O3. The van der Waals surface area contributed by atoms with Crippen molar-refractivity contribution >= 4 is 5.91 Å². The number of rotatable bonds is 6. The molecule has 6 heteroatoms. The van der Waals surface area contributed by atoms with Crippen LogP contribution in [-0.4, -0.2) is 16.0 Å². The quantitative estimate of drug-likeness (QED) is 0.753. The lowest BCUT2D eigenvalue weighted by molar-refractivity contribution is 0.1000. The molecule has 0 saturated carbocycles. The molecule has 1 unspecified atom stereocenters. The number of carbonyl (C=O) groups is 1. The molecule has 24 heavy (non-hydrogen) atoms. The molecule has 0 aliphatic carbocycles. The number of hydrogen-bond donors (Lipinski definition) is 1. The van der Waals surface area contributed by atoms with E-state index in [1.165, 1.54) is 0 Å². The molecular weight excluding hydrogens is 306 g/mol. The Morgan fingerprint density at radius 3 is 2.54 bits per heavy atom. The third-order valence-electron chi connectivity index (χ3n) is 3.49. The van der Waals surface area contributed by atoms with Crippen molar-refractivity contribution in [1.29, 1.82) is 0 Å². The van der Waals surface area contributed by atoms with Gasteiger partial charge in [-0.2, -0.15) is 4.98 Å². The first kappa shape index (κ1) is 15.7. The van der Waals surface area contributed by atoms with Crippen LogP contribution >= 0.6 is 0 Å². The predicted octanol–water partition coefficient (Wildman–Crippen LogP) is 2.90. The summed E-state index contributed by atoms with van der Waals surface area (Å²) in [6, 6.07) is 16.5. The molecule has 2 N–H and O–H groups in total. The minimum atomic E-state index is -0.475. The summed E-state index contributed by atoms with van der Waals surface area (Å²) in [6.07, 6.45) is 0.200. The molecule has 122 valence electrons. The van der Waals surface area contributed by atoms with Gasteiger partial charge >= 0.3 is 0 Å². The Morgan fingerprint density at radius 2 is 1.88 bits per heavy atom. The highest BCUT2D eigenvalue weighted by atomic mass is 16.5. The van der Waals surface area contributed by atoms with Crippen LogP contribution < -0.4 is 10.5 Å². The smallest absolute Gasteiger partial charge is 0.267 e. The van der Waals surface area contributed by atoms with Gasteiger partial charge in [0.2, 0.25) is 5.91 Å². The van der Waals surface area contributed by atoms with Gasteiger partial charge in [0, 0.05) is 12.0 Å². The zero-order valence-corrected chi connectivity index (χ0v) is 13.2. The van der Waals surface area contributed by atoms with Crippen LogP contribution in [0.1, 0.15) is 40.7 Å². The third kappa shape index (κ3) is 3.78. The van der Waals surface area contributed by atoms with E-state index < -0.39 is 12.0 Å². The summed E-state index contributed by atoms with van der Waals surface area (Å²) in [7, 11) is 0. The van der Waals surface area contributed by atoms with Gasteiger partial charge in [0.25, 0.3) is 5.89 Å². The van der Waals surface area contributed by atoms with E-state index in [4.69, 9.17) is 15.0 Å². The standard InChI is InChI=1S/C18H17N3O3/c1-12(23-15-9-7-14(8-10-15)17(19)22)18-20-16(21-24-18)11-13-5-3-2-4-6-13/h2-10,12H,11H2,1H3,(H2,19,22). The Balaban J connectivity index is 1.65. The summed E-state index contributed by atoms with van der Waals surface area (Å²) in [5, 5.41) is 3.98. The number of nitrogens with two attached hydrogens (primary N) is 1. The lowest BCUT2D eigenvalue weighted by Gasteiger charge is -2.10. The van der Waals surface area contributed by atoms with Gasteiger partial charge in [-0.25, -0.2) is 0 Å². The van der Waals surface area contributed by atoms with Crippen LogP contribution in [0.2, 0.25) is 0 Å². The average molecular weight is 323 g/mol. The second-order valence-corrected chi connectivity index (χ2v) is 5.36. The second kappa shape index (κ2) is 6.95. The van der Waals surface area contributed by atoms with E-state index >= 15 is 0 Å². The van der Waals surface area contributed by atoms with E-state index in [-0.39, 0.29) is 0 Å². The van der Waals surface area contributed by atoms with E-state index in [9.17, 15) is 4.79 Å². The monoisotopic (exact) mass is 323 g/mol. The number of benzene rings is 2. The first-order valence-electron chi connectivity index (χ1n) is 7.55. The Labute approximate surface area is 139 Å². The first-order valence-corrected chi connectivity index (χ1v) is 7.55. The van der Waals surface area contributed by atoms with Gasteiger partial charge in [-0.1, -0.05) is 35.5 Å². The third-order valence-corrected chi connectivity index (χ3v) is 3.49. The summed E-state index contributed by atoms with van der Waals surface area (Å²) in [4.78, 5) is 15.4. The highest BCUT2D eigenvalue weighted by Gasteiger charge is 2.16. The fraction of sp³-hybridized carbons (Fsp3) is 0.167. The number of aromatic nitrogens is 2. The zero-order valence-electron chi connectivity index (χ0n) is 13.2. The van der Waals surface area contributed by atoms with E-state index in [1.807, 2.05) is 37.3 Å². The summed E-state index contributed by atoms with van der Waals surface area (Å²) in [5.74, 6) is 1.13. The molecule has 0 bridgehead atoms. The average Bonchev–Trinajstić information content (AvgIpc) is 3.05. The van der Waals surface area contributed by atoms with Gasteiger partial charge < -0.3 is 15.0 Å². The van der Waals surface area contributed by atoms with Crippen molar-refractivity contribution in [2.75, 3.05) is 0 Å². The number of amides is 1. The van der Waals surface area contributed by atoms with Gasteiger partial charge in [-0.3, -0.25) is 4.79 Å². The molecule has 3 aromatic rings. The molecule has 0 radical (unpaired) electrons. The summed E-state index contributed by atoms with van der Waals surface area (Å²) in [5.41, 5.74) is 6.75. The first-order chi connectivity index (χ1) is 11.6. The number of hydrogen-bond acceptors (Lipinski definition) is 5. The topological polar surface area (TPSA) is 91.2 Å². The number of carbonyl (C=O) groups excluding carboxylic acids is 1. The van der Waals surface area contributed by atoms with E-state index in [0.717, 1.165) is 5.56 Å². The second-order valence-electron chi connectivity index (χ2n) is 5.36. The van der Waals surface area contributed by atoms with Crippen LogP contribution in [0.4, 0.5) is 0 Å². The fourth-order valence-electron chi connectivity index (χ4n) is 2.24. The van der Waals surface area contributed by atoms with Crippen molar-refractivity contribution in [2.24, 2.45) is 5.73 Å². The number of nitrogens with zero attached hydrogens (tertiary/aromatic N) is 2. The van der Waals surface area contributed by atoms with Crippen molar-refractivity contribution in [1.82, 2.24) is 10.1 Å². The molecule has 1 amide bonds. The predicted molar refractivity (Wildman–Crippen MR) is 87.5 cm³/mol. The van der Waals surface area contributed by atoms with E-state index in [1.54, 1.807) is 24.3 Å². The molecule has 6 nitrogen and oxygen atoms in total. The van der Waals surface area contributed by atoms with Crippen LogP contribution in [0, 0.1) is 0 Å². The summed E-state index contributed by atoms with van der Waals surface area (Å²) in [6.45, 7) is 1.82. The fourth-order valence-corrected chi connectivity index (χ4v) is 2.24. The molecule has 1 aromatic heterocycles. The van der Waals surface area contributed by atoms with Crippen molar-refractivity contribution in [2.45, 2.75) is 19.4 Å². The minimum absolute atomic E-state index is 0.401. The van der Waals surface area contributed by atoms with E-state index in [2.05, 4.69) is 10.1 Å². The number of ether oxygens (including phenoxy) is 1. The largest absolute Gasteiger partial charge is 0.481 e. The van der Waals surface area contributed by atoms with Gasteiger partial charge in [-0.05, 0) is 36.8 Å². The zero-order chi connectivity index (χ0) is 16.9. The molecule has 1 heterocycles. The van der Waals surface area contributed by atoms with Crippen molar-refractivity contribution in [3.05, 3.63) is 77.4 Å². The van der Waals surface area contributed by atoms with Crippen molar-refractivity contribution < 1.29 is 14.1 Å². The van der Waals surface area contributed by atoms with Crippen LogP contribution in [0.15, 0.2) is 59.1 Å². The minimum Gasteiger partial charge on any atom is -0.481 e. The Kier molecular flexibility index (Phi) is 4.56. The van der Waals surface area contributed by atoms with Gasteiger partial charge in [0.1, 0.15) is 5.75 Å². The summed E-state index contributed by atoms with van der Waals surface area (Å²) < 4.78 is 11.0. The summed E-state index contributed by atoms with van der Waals surface area (Å²) >= 11 is 0. The van der Waals surface area contributed by atoms with Gasteiger partial charge in [-0.15, -0.1) is 0 Å². The SMILES string of the molecule is CC(Oc1ccc(C(N)=O)cc1)c1nc(Cc2ccccc2)no1. The lowest BCUT2D eigenvalue weighted by Crippen LogP contribution is -2.10. The molecule has 2 aromatic carbocycles. The maximum atomic E-state index is 11.1. The Hall–Kier alpha value is -3.15. The highest BCUT2D eigenvalue weighted by Crippen LogP contribution is 2.21. The van der Waals surface area contributed by atoms with Crippen LogP contribution in [0.25, 0.3) is 0 Å². The van der Waals surface area contributed by atoms with E-state index in [0.29, 0.717) is 29.4 Å².